The van der Waals surface area contributed by atoms with Crippen LogP contribution < -0.4 is 11.1 Å². The third-order valence-corrected chi connectivity index (χ3v) is 1.89. The summed E-state index contributed by atoms with van der Waals surface area (Å²) >= 11 is 0. The van der Waals surface area contributed by atoms with Crippen molar-refractivity contribution < 1.29 is 4.79 Å². The third-order valence-electron chi connectivity index (χ3n) is 1.89. The molecule has 0 aromatic carbocycles. The van der Waals surface area contributed by atoms with Crippen LogP contribution in [0.1, 0.15) is 34.6 Å². The Balaban J connectivity index is 0. The highest BCUT2D eigenvalue weighted by molar-refractivity contribution is 5.78. The quantitative estimate of drug-likeness (QED) is 0.722. The number of nitrogens with one attached hydrogen (secondary N) is 1. The van der Waals surface area contributed by atoms with Gasteiger partial charge in [0.25, 0.3) is 0 Å². The molecule has 0 aliphatic heterocycles. The Hall–Kier alpha value is -1.03. The van der Waals surface area contributed by atoms with Crippen molar-refractivity contribution in [2.24, 2.45) is 5.73 Å². The molecular formula is C12H27N3O. The number of amides is 1. The van der Waals surface area contributed by atoms with Crippen molar-refractivity contribution in [3.8, 4) is 0 Å². The van der Waals surface area contributed by atoms with Gasteiger partial charge in [0.15, 0.2) is 0 Å². The number of nitrogens with zero attached hydrogens (tertiary/aromatic N) is 1. The summed E-state index contributed by atoms with van der Waals surface area (Å²) in [4.78, 5) is 13.2. The van der Waals surface area contributed by atoms with E-state index >= 15 is 0 Å². The Morgan fingerprint density at radius 2 is 1.88 bits per heavy atom. The van der Waals surface area contributed by atoms with Gasteiger partial charge in [0.05, 0.1) is 6.54 Å². The first-order chi connectivity index (χ1) is 7.61. The molecule has 0 rings (SSSR count). The fourth-order valence-electron chi connectivity index (χ4n) is 1.05. The third kappa shape index (κ3) is 9.52. The van der Waals surface area contributed by atoms with Gasteiger partial charge in [0.1, 0.15) is 0 Å². The summed E-state index contributed by atoms with van der Waals surface area (Å²) in [5.41, 5.74) is 5.50. The molecule has 4 nitrogen and oxygen atoms in total. The molecule has 1 amide bonds. The Kier molecular flexibility index (Phi) is 13.1. The van der Waals surface area contributed by atoms with E-state index in [1.165, 1.54) is 0 Å². The van der Waals surface area contributed by atoms with Gasteiger partial charge in [-0.25, -0.2) is 0 Å². The lowest BCUT2D eigenvalue weighted by Crippen LogP contribution is -2.36. The number of carbonyl (C=O) groups is 1. The molecule has 4 heteroatoms. The van der Waals surface area contributed by atoms with Crippen LogP contribution in [0, 0.1) is 0 Å². The van der Waals surface area contributed by atoms with Crippen LogP contribution in [0.25, 0.3) is 0 Å². The van der Waals surface area contributed by atoms with E-state index in [-0.39, 0.29) is 11.9 Å². The highest BCUT2D eigenvalue weighted by atomic mass is 16.2. The van der Waals surface area contributed by atoms with E-state index in [1.807, 2.05) is 40.7 Å². The molecule has 0 aromatic rings. The number of likely N-dealkylation sites (N-methyl/N-ethyl adjacent to an activating group) is 1. The highest BCUT2D eigenvalue weighted by Crippen LogP contribution is 1.87. The summed E-state index contributed by atoms with van der Waals surface area (Å²) in [5, 5.41) is 2.91. The van der Waals surface area contributed by atoms with Crippen LogP contribution in [0.5, 0.6) is 0 Å². The van der Waals surface area contributed by atoms with Crippen LogP contribution in [-0.2, 0) is 4.79 Å². The largest absolute Gasteiger partial charge is 0.382 e. The molecule has 0 spiro atoms. The van der Waals surface area contributed by atoms with Crippen molar-refractivity contribution in [1.82, 2.24) is 10.2 Å². The normalized spacial score (nSPS) is 11.6. The van der Waals surface area contributed by atoms with Crippen LogP contribution in [0.4, 0.5) is 0 Å². The maximum Gasteiger partial charge on any atom is 0.241 e. The number of carbonyl (C=O) groups excluding carboxylic acids is 1. The minimum Gasteiger partial charge on any atom is -0.382 e. The van der Waals surface area contributed by atoms with Crippen molar-refractivity contribution in [2.75, 3.05) is 19.6 Å². The minimum absolute atomic E-state index is 0.0195. The van der Waals surface area contributed by atoms with Gasteiger partial charge < -0.3 is 16.0 Å². The lowest BCUT2D eigenvalue weighted by molar-refractivity contribution is -0.129. The smallest absolute Gasteiger partial charge is 0.241 e. The van der Waals surface area contributed by atoms with Gasteiger partial charge in [-0.15, -0.1) is 0 Å². The molecule has 0 aliphatic carbocycles. The molecule has 3 N–H and O–H groups in total. The minimum atomic E-state index is 0.0195. The molecule has 0 saturated heterocycles. The van der Waals surface area contributed by atoms with Crippen molar-refractivity contribution in [3.63, 3.8) is 0 Å². The average Bonchev–Trinajstić information content (AvgIpc) is 2.28. The fraction of sp³-hybridized carbons (Fsp3) is 0.750. The fourth-order valence-corrected chi connectivity index (χ4v) is 1.05. The lowest BCUT2D eigenvalue weighted by atomic mass is 10.3. The molecular weight excluding hydrogens is 202 g/mol. The number of hydrogen-bond acceptors (Lipinski definition) is 3. The number of nitrogens with two attached hydrogens (primary N) is 1. The lowest BCUT2D eigenvalue weighted by Gasteiger charge is -2.18. The van der Waals surface area contributed by atoms with Gasteiger partial charge in [-0.1, -0.05) is 19.9 Å². The van der Waals surface area contributed by atoms with Crippen LogP contribution in [0.3, 0.4) is 0 Å². The maximum absolute atomic E-state index is 11.4. The predicted molar refractivity (Wildman–Crippen MR) is 70.1 cm³/mol. The van der Waals surface area contributed by atoms with Crippen LogP contribution in [-0.4, -0.2) is 36.5 Å². The van der Waals surface area contributed by atoms with E-state index in [9.17, 15) is 4.79 Å². The molecule has 0 heterocycles. The SMILES string of the molecule is CC.CCN(CC)C(=O)CN/C=C\C(C)N. The van der Waals surface area contributed by atoms with Crippen LogP contribution >= 0.6 is 0 Å². The molecule has 1 unspecified atom stereocenters. The molecule has 1 atom stereocenters. The van der Waals surface area contributed by atoms with E-state index in [0.717, 1.165) is 13.1 Å². The Morgan fingerprint density at radius 1 is 1.38 bits per heavy atom. The number of rotatable bonds is 6. The van der Waals surface area contributed by atoms with Crippen molar-refractivity contribution in [1.29, 1.82) is 0 Å². The van der Waals surface area contributed by atoms with E-state index in [4.69, 9.17) is 5.73 Å². The summed E-state index contributed by atoms with van der Waals surface area (Å²) in [7, 11) is 0. The van der Waals surface area contributed by atoms with E-state index < -0.39 is 0 Å². The zero-order valence-corrected chi connectivity index (χ0v) is 11.3. The maximum atomic E-state index is 11.4. The van der Waals surface area contributed by atoms with E-state index in [1.54, 1.807) is 11.1 Å². The van der Waals surface area contributed by atoms with Gasteiger partial charge >= 0.3 is 0 Å². The van der Waals surface area contributed by atoms with Crippen LogP contribution in [0.15, 0.2) is 12.3 Å². The van der Waals surface area contributed by atoms with Gasteiger partial charge in [-0.05, 0) is 27.0 Å². The molecule has 96 valence electrons. The van der Waals surface area contributed by atoms with E-state index in [2.05, 4.69) is 5.32 Å². The summed E-state index contributed by atoms with van der Waals surface area (Å²) < 4.78 is 0. The topological polar surface area (TPSA) is 58.4 Å². The Labute approximate surface area is 99.9 Å². The van der Waals surface area contributed by atoms with Crippen molar-refractivity contribution >= 4 is 5.91 Å². The van der Waals surface area contributed by atoms with Gasteiger partial charge in [0.2, 0.25) is 5.91 Å². The summed E-state index contributed by atoms with van der Waals surface area (Å²) in [5.74, 6) is 0.115. The monoisotopic (exact) mass is 229 g/mol. The van der Waals surface area contributed by atoms with Gasteiger partial charge in [0, 0.05) is 19.1 Å². The Bertz CT molecular complexity index is 187. The first kappa shape index (κ1) is 17.4. The molecule has 0 bridgehead atoms. The zero-order valence-electron chi connectivity index (χ0n) is 11.3. The average molecular weight is 229 g/mol. The zero-order chi connectivity index (χ0) is 13.0. The summed E-state index contributed by atoms with van der Waals surface area (Å²) in [6.45, 7) is 11.7. The first-order valence-electron chi connectivity index (χ1n) is 6.05. The molecule has 0 radical (unpaired) electrons. The van der Waals surface area contributed by atoms with Crippen molar-refractivity contribution in [2.45, 2.75) is 40.7 Å². The van der Waals surface area contributed by atoms with Gasteiger partial charge in [-0.2, -0.15) is 0 Å². The van der Waals surface area contributed by atoms with Crippen LogP contribution in [0.2, 0.25) is 0 Å². The second-order valence-electron chi connectivity index (χ2n) is 3.17. The first-order valence-corrected chi connectivity index (χ1v) is 6.05. The van der Waals surface area contributed by atoms with Crippen molar-refractivity contribution in [3.05, 3.63) is 12.3 Å². The predicted octanol–water partition coefficient (Wildman–Crippen LogP) is 1.33. The second-order valence-corrected chi connectivity index (χ2v) is 3.17. The second kappa shape index (κ2) is 12.0. The molecule has 0 aromatic heterocycles. The molecule has 0 aliphatic rings. The summed E-state index contributed by atoms with van der Waals surface area (Å²) in [6.07, 6.45) is 3.54. The highest BCUT2D eigenvalue weighted by Gasteiger charge is 2.06. The summed E-state index contributed by atoms with van der Waals surface area (Å²) in [6, 6.07) is 0.0195. The molecule has 16 heavy (non-hydrogen) atoms. The Morgan fingerprint density at radius 3 is 2.25 bits per heavy atom. The van der Waals surface area contributed by atoms with Gasteiger partial charge in [-0.3, -0.25) is 4.79 Å². The molecule has 0 saturated carbocycles. The van der Waals surface area contributed by atoms with E-state index in [0.29, 0.717) is 6.54 Å². The number of hydrogen-bond donors (Lipinski definition) is 2. The standard InChI is InChI=1S/C10H21N3O.C2H6/c1-4-13(5-2)10(14)8-12-7-6-9(3)11;1-2/h6-7,9,12H,4-5,8,11H2,1-3H3;1-2H3/b7-6-;. The molecule has 0 fully saturated rings.